The smallest absolute Gasteiger partial charge is 0.0761 e. The predicted molar refractivity (Wildman–Crippen MR) is 123 cm³/mol. The molecule has 1 nitrogen and oxygen atoms in total. The number of aliphatic hydroxyl groups excluding tert-OH is 1. The lowest BCUT2D eigenvalue weighted by Crippen LogP contribution is -1.90. The zero-order valence-electron chi connectivity index (χ0n) is 18.1. The monoisotopic (exact) mass is 380 g/mol. The maximum absolute atomic E-state index is 9.62. The van der Waals surface area contributed by atoms with Crippen molar-refractivity contribution in [2.75, 3.05) is 0 Å². The van der Waals surface area contributed by atoms with Gasteiger partial charge in [0, 0.05) is 0 Å². The summed E-state index contributed by atoms with van der Waals surface area (Å²) in [6.45, 7) is 4.09. The lowest BCUT2D eigenvalue weighted by molar-refractivity contribution is 0.199. The van der Waals surface area contributed by atoms with Crippen molar-refractivity contribution in [1.82, 2.24) is 0 Å². The molecule has 0 aliphatic rings. The molecule has 2 rings (SSSR count). The number of aryl methyl sites for hydroxylation is 1. The molecule has 0 spiro atoms. The molecule has 1 unspecified atom stereocenters. The highest BCUT2D eigenvalue weighted by Gasteiger charge is 2.02. The minimum absolute atomic E-state index is 0.401. The van der Waals surface area contributed by atoms with Gasteiger partial charge in [-0.1, -0.05) is 120 Å². The fourth-order valence-corrected chi connectivity index (χ4v) is 3.81. The van der Waals surface area contributed by atoms with Crippen LogP contribution < -0.4 is 0 Å². The minimum Gasteiger partial charge on any atom is -0.389 e. The van der Waals surface area contributed by atoms with Crippen LogP contribution in [0.4, 0.5) is 0 Å². The lowest BCUT2D eigenvalue weighted by atomic mass is 9.99. The van der Waals surface area contributed by atoms with Crippen LogP contribution in [0.3, 0.4) is 0 Å². The third kappa shape index (κ3) is 8.61. The first-order valence-corrected chi connectivity index (χ1v) is 11.6. The second kappa shape index (κ2) is 13.6. The molecule has 28 heavy (non-hydrogen) atoms. The van der Waals surface area contributed by atoms with Gasteiger partial charge in [-0.2, -0.15) is 0 Å². The SMILES string of the molecule is CCCCCCCCCCCCCc1ccc(-c2ccc(C(C)O)cc2)cc1. The normalized spacial score (nSPS) is 12.2. The standard InChI is InChI=1S/C27H40O/c1-3-4-5-6-7-8-9-10-11-12-13-14-24-15-17-26(18-16-24)27-21-19-25(20-22-27)23(2)28/h15-23,28H,3-14H2,1-2H3. The van der Waals surface area contributed by atoms with Gasteiger partial charge in [0.25, 0.3) is 0 Å². The maximum atomic E-state index is 9.62. The van der Waals surface area contributed by atoms with Gasteiger partial charge in [-0.15, -0.1) is 0 Å². The fraction of sp³-hybridized carbons (Fsp3) is 0.556. The third-order valence-corrected chi connectivity index (χ3v) is 5.75. The molecule has 154 valence electrons. The van der Waals surface area contributed by atoms with Crippen LogP contribution in [-0.2, 0) is 6.42 Å². The van der Waals surface area contributed by atoms with Crippen molar-refractivity contribution < 1.29 is 5.11 Å². The van der Waals surface area contributed by atoms with Crippen LogP contribution in [0.5, 0.6) is 0 Å². The molecule has 0 aromatic heterocycles. The Kier molecular flexibility index (Phi) is 11.0. The summed E-state index contributed by atoms with van der Waals surface area (Å²) in [6, 6.07) is 17.2. The van der Waals surface area contributed by atoms with Crippen molar-refractivity contribution >= 4 is 0 Å². The van der Waals surface area contributed by atoms with Crippen LogP contribution in [0.15, 0.2) is 48.5 Å². The third-order valence-electron chi connectivity index (χ3n) is 5.75. The van der Waals surface area contributed by atoms with E-state index in [1.807, 2.05) is 12.1 Å². The molecule has 2 aromatic carbocycles. The van der Waals surface area contributed by atoms with E-state index in [2.05, 4.69) is 43.3 Å². The van der Waals surface area contributed by atoms with Crippen molar-refractivity contribution in [3.05, 3.63) is 59.7 Å². The van der Waals surface area contributed by atoms with E-state index in [9.17, 15) is 5.11 Å². The average molecular weight is 381 g/mol. The molecule has 0 saturated heterocycles. The van der Waals surface area contributed by atoms with E-state index >= 15 is 0 Å². The molecule has 1 heteroatoms. The van der Waals surface area contributed by atoms with E-state index in [0.29, 0.717) is 0 Å². The second-order valence-corrected chi connectivity index (χ2v) is 8.28. The van der Waals surface area contributed by atoms with E-state index in [1.165, 1.54) is 93.7 Å². The Morgan fingerprint density at radius 3 is 1.50 bits per heavy atom. The Hall–Kier alpha value is -1.60. The summed E-state index contributed by atoms with van der Waals surface area (Å²) in [5.41, 5.74) is 4.88. The number of benzene rings is 2. The molecule has 0 amide bonds. The zero-order valence-corrected chi connectivity index (χ0v) is 18.1. The maximum Gasteiger partial charge on any atom is 0.0761 e. The second-order valence-electron chi connectivity index (χ2n) is 8.28. The molecule has 2 aromatic rings. The van der Waals surface area contributed by atoms with E-state index in [4.69, 9.17) is 0 Å². The number of rotatable bonds is 14. The zero-order chi connectivity index (χ0) is 20.0. The van der Waals surface area contributed by atoms with Crippen LogP contribution in [0.25, 0.3) is 11.1 Å². The summed E-state index contributed by atoms with van der Waals surface area (Å²) in [7, 11) is 0. The van der Waals surface area contributed by atoms with Gasteiger partial charge < -0.3 is 5.11 Å². The highest BCUT2D eigenvalue weighted by atomic mass is 16.3. The number of aliphatic hydroxyl groups is 1. The number of hydrogen-bond donors (Lipinski definition) is 1. The van der Waals surface area contributed by atoms with Crippen LogP contribution in [0, 0.1) is 0 Å². The van der Waals surface area contributed by atoms with Gasteiger partial charge in [-0.3, -0.25) is 0 Å². The van der Waals surface area contributed by atoms with E-state index < -0.39 is 6.10 Å². The van der Waals surface area contributed by atoms with Crippen molar-refractivity contribution in [2.24, 2.45) is 0 Å². The van der Waals surface area contributed by atoms with Crippen molar-refractivity contribution in [2.45, 2.75) is 97.0 Å². The fourth-order valence-electron chi connectivity index (χ4n) is 3.81. The Balaban J connectivity index is 1.59. The first kappa shape index (κ1) is 22.7. The summed E-state index contributed by atoms with van der Waals surface area (Å²) in [5, 5.41) is 9.62. The van der Waals surface area contributed by atoms with Crippen LogP contribution in [-0.4, -0.2) is 5.11 Å². The average Bonchev–Trinajstić information content (AvgIpc) is 2.72. The molecular formula is C27H40O. The molecule has 1 N–H and O–H groups in total. The van der Waals surface area contributed by atoms with Gasteiger partial charge in [0.2, 0.25) is 0 Å². The number of unbranched alkanes of at least 4 members (excludes halogenated alkanes) is 10. The van der Waals surface area contributed by atoms with Gasteiger partial charge in [0.1, 0.15) is 0 Å². The van der Waals surface area contributed by atoms with Crippen molar-refractivity contribution in [3.63, 3.8) is 0 Å². The van der Waals surface area contributed by atoms with Gasteiger partial charge in [-0.05, 0) is 42.0 Å². The van der Waals surface area contributed by atoms with Crippen molar-refractivity contribution in [1.29, 1.82) is 0 Å². The summed E-state index contributed by atoms with van der Waals surface area (Å²) in [6.07, 6.45) is 16.2. The molecule has 0 fully saturated rings. The molecule has 0 aliphatic heterocycles. The Bertz CT molecular complexity index is 624. The summed E-state index contributed by atoms with van der Waals surface area (Å²) < 4.78 is 0. The molecule has 0 heterocycles. The van der Waals surface area contributed by atoms with E-state index in [0.717, 1.165) is 5.56 Å². The van der Waals surface area contributed by atoms with Crippen LogP contribution in [0.1, 0.15) is 102 Å². The topological polar surface area (TPSA) is 20.2 Å². The van der Waals surface area contributed by atoms with Crippen LogP contribution in [0.2, 0.25) is 0 Å². The minimum atomic E-state index is -0.401. The Morgan fingerprint density at radius 1 is 0.607 bits per heavy atom. The Morgan fingerprint density at radius 2 is 1.04 bits per heavy atom. The molecule has 0 radical (unpaired) electrons. The largest absolute Gasteiger partial charge is 0.389 e. The van der Waals surface area contributed by atoms with Crippen LogP contribution >= 0.6 is 0 Å². The van der Waals surface area contributed by atoms with Gasteiger partial charge >= 0.3 is 0 Å². The number of hydrogen-bond acceptors (Lipinski definition) is 1. The molecule has 0 aliphatic carbocycles. The molecular weight excluding hydrogens is 340 g/mol. The van der Waals surface area contributed by atoms with Gasteiger partial charge in [-0.25, -0.2) is 0 Å². The first-order valence-electron chi connectivity index (χ1n) is 11.6. The molecule has 1 atom stereocenters. The van der Waals surface area contributed by atoms with Gasteiger partial charge in [0.05, 0.1) is 6.10 Å². The highest BCUT2D eigenvalue weighted by Crippen LogP contribution is 2.23. The van der Waals surface area contributed by atoms with Crippen molar-refractivity contribution in [3.8, 4) is 11.1 Å². The predicted octanol–water partition coefficient (Wildman–Crippen LogP) is 8.26. The van der Waals surface area contributed by atoms with E-state index in [1.54, 1.807) is 6.92 Å². The van der Waals surface area contributed by atoms with E-state index in [-0.39, 0.29) is 0 Å². The summed E-state index contributed by atoms with van der Waals surface area (Å²) in [5.74, 6) is 0. The quantitative estimate of drug-likeness (QED) is 0.327. The summed E-state index contributed by atoms with van der Waals surface area (Å²) >= 11 is 0. The Labute approximate surface area is 173 Å². The van der Waals surface area contributed by atoms with Gasteiger partial charge in [0.15, 0.2) is 0 Å². The summed E-state index contributed by atoms with van der Waals surface area (Å²) in [4.78, 5) is 0. The first-order chi connectivity index (χ1) is 13.7. The highest BCUT2D eigenvalue weighted by molar-refractivity contribution is 5.64. The lowest BCUT2D eigenvalue weighted by Gasteiger charge is -2.08. The molecule has 0 saturated carbocycles. The molecule has 0 bridgehead atoms.